The predicted octanol–water partition coefficient (Wildman–Crippen LogP) is 3.94. The standard InChI is InChI=1S/C23H20F4N2O5/c1-12-15(10-20(30)28-8-7-21(31)32)16-9-19(34-2)17(24)11-18(16)29(12)22(33)13-3-5-14(6-4-13)23(25,26)27/h3-6,9,11H,7-8,10H2,1-2H3,(H,28,30)(H,31,32). The van der Waals surface area contributed by atoms with Crippen LogP contribution in [-0.2, 0) is 22.2 Å². The number of carbonyl (C=O) groups is 3. The van der Waals surface area contributed by atoms with E-state index in [-0.39, 0.29) is 41.9 Å². The highest BCUT2D eigenvalue weighted by Gasteiger charge is 2.30. The molecule has 0 fully saturated rings. The number of nitrogens with zero attached hydrogens (tertiary/aromatic N) is 1. The number of rotatable bonds is 7. The first kappa shape index (κ1) is 24.7. The van der Waals surface area contributed by atoms with Gasteiger partial charge < -0.3 is 15.2 Å². The molecule has 3 aromatic rings. The molecule has 0 atom stereocenters. The maximum absolute atomic E-state index is 14.5. The molecule has 0 saturated heterocycles. The number of aliphatic carboxylic acids is 1. The maximum Gasteiger partial charge on any atom is 0.416 e. The summed E-state index contributed by atoms with van der Waals surface area (Å²) in [6.07, 6.45) is -5.10. The summed E-state index contributed by atoms with van der Waals surface area (Å²) in [5.41, 5.74) is -0.245. The lowest BCUT2D eigenvalue weighted by atomic mass is 10.1. The number of alkyl halides is 3. The molecule has 0 aliphatic rings. The third-order valence-corrected chi connectivity index (χ3v) is 5.27. The van der Waals surface area contributed by atoms with Crippen LogP contribution in [0.25, 0.3) is 10.9 Å². The third kappa shape index (κ3) is 5.03. The fourth-order valence-corrected chi connectivity index (χ4v) is 3.58. The number of methoxy groups -OCH3 is 1. The number of amides is 1. The molecule has 11 heteroatoms. The van der Waals surface area contributed by atoms with Crippen LogP contribution in [0.5, 0.6) is 5.75 Å². The number of benzene rings is 2. The van der Waals surface area contributed by atoms with Gasteiger partial charge in [0.1, 0.15) is 0 Å². The van der Waals surface area contributed by atoms with Crippen LogP contribution in [-0.4, -0.2) is 41.1 Å². The number of carboxylic acids is 1. The summed E-state index contributed by atoms with van der Waals surface area (Å²) >= 11 is 0. The van der Waals surface area contributed by atoms with Crippen LogP contribution in [0.4, 0.5) is 17.6 Å². The predicted molar refractivity (Wildman–Crippen MR) is 113 cm³/mol. The maximum atomic E-state index is 14.5. The van der Waals surface area contributed by atoms with Gasteiger partial charge in [0.05, 0.1) is 31.0 Å². The van der Waals surface area contributed by atoms with Crippen molar-refractivity contribution in [3.63, 3.8) is 0 Å². The number of hydrogen-bond acceptors (Lipinski definition) is 4. The van der Waals surface area contributed by atoms with E-state index < -0.39 is 35.3 Å². The Morgan fingerprint density at radius 1 is 1.12 bits per heavy atom. The molecule has 2 N–H and O–H groups in total. The van der Waals surface area contributed by atoms with Crippen molar-refractivity contribution in [1.82, 2.24) is 9.88 Å². The summed E-state index contributed by atoms with van der Waals surface area (Å²) in [4.78, 5) is 36.3. The van der Waals surface area contributed by atoms with Crippen LogP contribution < -0.4 is 10.1 Å². The molecule has 0 bridgehead atoms. The highest BCUT2D eigenvalue weighted by atomic mass is 19.4. The lowest BCUT2D eigenvalue weighted by molar-refractivity contribution is -0.138. The minimum Gasteiger partial charge on any atom is -0.494 e. The molecule has 180 valence electrons. The average Bonchev–Trinajstić information content (AvgIpc) is 3.02. The molecule has 34 heavy (non-hydrogen) atoms. The fourth-order valence-electron chi connectivity index (χ4n) is 3.58. The first-order chi connectivity index (χ1) is 15.9. The normalized spacial score (nSPS) is 11.5. The largest absolute Gasteiger partial charge is 0.494 e. The van der Waals surface area contributed by atoms with Crippen molar-refractivity contribution in [3.8, 4) is 5.75 Å². The second-order valence-electron chi connectivity index (χ2n) is 7.45. The van der Waals surface area contributed by atoms with Crippen molar-refractivity contribution in [2.45, 2.75) is 25.9 Å². The van der Waals surface area contributed by atoms with Crippen molar-refractivity contribution >= 4 is 28.7 Å². The summed E-state index contributed by atoms with van der Waals surface area (Å²) in [6.45, 7) is 1.42. The Morgan fingerprint density at radius 2 is 1.76 bits per heavy atom. The summed E-state index contributed by atoms with van der Waals surface area (Å²) in [5.74, 6) is -3.21. The molecule has 1 heterocycles. The minimum atomic E-state index is -4.57. The number of carbonyl (C=O) groups excluding carboxylic acids is 2. The van der Waals surface area contributed by atoms with Gasteiger partial charge in [0.15, 0.2) is 11.6 Å². The molecule has 0 aliphatic heterocycles. The molecule has 7 nitrogen and oxygen atoms in total. The summed E-state index contributed by atoms with van der Waals surface area (Å²) in [7, 11) is 1.25. The van der Waals surface area contributed by atoms with E-state index in [1.165, 1.54) is 20.1 Å². The number of aromatic nitrogens is 1. The first-order valence-corrected chi connectivity index (χ1v) is 10.0. The molecule has 1 amide bonds. The Labute approximate surface area is 190 Å². The minimum absolute atomic E-state index is 0.0679. The molecular weight excluding hydrogens is 460 g/mol. The third-order valence-electron chi connectivity index (χ3n) is 5.27. The lowest BCUT2D eigenvalue weighted by Crippen LogP contribution is -2.27. The van der Waals surface area contributed by atoms with Crippen molar-refractivity contribution in [3.05, 3.63) is 64.6 Å². The van der Waals surface area contributed by atoms with Crippen LogP contribution >= 0.6 is 0 Å². The average molecular weight is 480 g/mol. The van der Waals surface area contributed by atoms with Gasteiger partial charge in [-0.3, -0.25) is 19.0 Å². The molecule has 0 spiro atoms. The van der Waals surface area contributed by atoms with E-state index in [0.717, 1.165) is 34.9 Å². The van der Waals surface area contributed by atoms with Gasteiger partial charge in [-0.15, -0.1) is 0 Å². The van der Waals surface area contributed by atoms with E-state index in [1.54, 1.807) is 0 Å². The van der Waals surface area contributed by atoms with Crippen LogP contribution in [0.1, 0.15) is 33.6 Å². The Kier molecular flexibility index (Phi) is 6.94. The van der Waals surface area contributed by atoms with Gasteiger partial charge >= 0.3 is 12.1 Å². The van der Waals surface area contributed by atoms with E-state index in [1.807, 2.05) is 0 Å². The Bertz CT molecular complexity index is 1260. The van der Waals surface area contributed by atoms with E-state index in [9.17, 15) is 31.9 Å². The van der Waals surface area contributed by atoms with Crippen LogP contribution in [0.15, 0.2) is 36.4 Å². The number of ether oxygens (including phenoxy) is 1. The van der Waals surface area contributed by atoms with Gasteiger partial charge in [0.25, 0.3) is 5.91 Å². The highest BCUT2D eigenvalue weighted by molar-refractivity contribution is 6.05. The Morgan fingerprint density at radius 3 is 2.32 bits per heavy atom. The summed E-state index contributed by atoms with van der Waals surface area (Å²) in [6, 6.07) is 5.97. The van der Waals surface area contributed by atoms with Crippen molar-refractivity contribution in [2.24, 2.45) is 0 Å². The van der Waals surface area contributed by atoms with E-state index >= 15 is 0 Å². The first-order valence-electron chi connectivity index (χ1n) is 10.0. The molecule has 0 radical (unpaired) electrons. The number of carboxylic acid groups (broad SMARTS) is 1. The van der Waals surface area contributed by atoms with Crippen molar-refractivity contribution < 1.29 is 41.8 Å². The second-order valence-corrected chi connectivity index (χ2v) is 7.45. The van der Waals surface area contributed by atoms with Gasteiger partial charge in [0, 0.05) is 29.3 Å². The SMILES string of the molecule is COc1cc2c(CC(=O)NCCC(=O)O)c(C)n(C(=O)c3ccc(C(F)(F)F)cc3)c2cc1F. The number of nitrogens with one attached hydrogen (secondary N) is 1. The quantitative estimate of drug-likeness (QED) is 0.500. The van der Waals surface area contributed by atoms with Gasteiger partial charge in [-0.25, -0.2) is 4.39 Å². The highest BCUT2D eigenvalue weighted by Crippen LogP contribution is 2.33. The van der Waals surface area contributed by atoms with Crippen LogP contribution in [0.2, 0.25) is 0 Å². The van der Waals surface area contributed by atoms with Crippen molar-refractivity contribution in [1.29, 1.82) is 0 Å². The summed E-state index contributed by atoms with van der Waals surface area (Å²) in [5, 5.41) is 11.5. The van der Waals surface area contributed by atoms with E-state index in [0.29, 0.717) is 10.9 Å². The van der Waals surface area contributed by atoms with E-state index in [2.05, 4.69) is 5.32 Å². The zero-order chi connectivity index (χ0) is 25.2. The Balaban J connectivity index is 2.06. The zero-order valence-corrected chi connectivity index (χ0v) is 18.1. The molecule has 0 aliphatic carbocycles. The molecular formula is C23H20F4N2O5. The molecule has 0 saturated carbocycles. The van der Waals surface area contributed by atoms with Gasteiger partial charge in [-0.05, 0) is 42.8 Å². The van der Waals surface area contributed by atoms with Gasteiger partial charge in [-0.2, -0.15) is 13.2 Å². The van der Waals surface area contributed by atoms with Crippen molar-refractivity contribution in [2.75, 3.05) is 13.7 Å². The van der Waals surface area contributed by atoms with E-state index in [4.69, 9.17) is 9.84 Å². The molecule has 2 aromatic carbocycles. The van der Waals surface area contributed by atoms with Gasteiger partial charge in [-0.1, -0.05) is 0 Å². The number of fused-ring (bicyclic) bond motifs is 1. The molecule has 3 rings (SSSR count). The molecule has 1 aromatic heterocycles. The second kappa shape index (κ2) is 9.54. The fraction of sp³-hybridized carbons (Fsp3) is 0.261. The van der Waals surface area contributed by atoms with Crippen LogP contribution in [0.3, 0.4) is 0 Å². The lowest BCUT2D eigenvalue weighted by Gasteiger charge is -2.10. The van der Waals surface area contributed by atoms with Crippen LogP contribution in [0, 0.1) is 12.7 Å². The zero-order valence-electron chi connectivity index (χ0n) is 18.1. The monoisotopic (exact) mass is 480 g/mol. The number of hydrogen-bond donors (Lipinski definition) is 2. The number of halogens is 4. The molecule has 0 unspecified atom stereocenters. The Hall–Kier alpha value is -3.89. The topological polar surface area (TPSA) is 97.6 Å². The summed E-state index contributed by atoms with van der Waals surface area (Å²) < 4.78 is 59.2. The smallest absolute Gasteiger partial charge is 0.416 e. The van der Waals surface area contributed by atoms with Gasteiger partial charge in [0.2, 0.25) is 5.91 Å².